The molecule has 0 atom stereocenters. The number of hydrogen-bond acceptors (Lipinski definition) is 5. The van der Waals surface area contributed by atoms with Crippen molar-refractivity contribution >= 4 is 27.7 Å². The number of hydrogen-bond donors (Lipinski definition) is 2. The first-order valence-electron chi connectivity index (χ1n) is 9.60. The molecule has 0 aromatic heterocycles. The standard InChI is InChI=1S/C22H25BrN2O5/c1-28-17-9-14(10-18(29-2)20(17)30-12-19(24)26)21(27)25-13-22(7-4-8-22)15-5-3-6-16(23)11-15/h3,5-6,9-11H,4,7-8,12-13H2,1-2H3,(H2,24,26)(H,25,27). The second-order valence-corrected chi connectivity index (χ2v) is 8.21. The summed E-state index contributed by atoms with van der Waals surface area (Å²) in [6.07, 6.45) is 3.18. The predicted octanol–water partition coefficient (Wildman–Crippen LogP) is 3.18. The molecule has 1 saturated carbocycles. The molecule has 1 fully saturated rings. The van der Waals surface area contributed by atoms with Crippen LogP contribution in [0.1, 0.15) is 35.2 Å². The number of halogens is 1. The van der Waals surface area contributed by atoms with Gasteiger partial charge in [0.15, 0.2) is 18.1 Å². The zero-order valence-corrected chi connectivity index (χ0v) is 18.6. The predicted molar refractivity (Wildman–Crippen MR) is 116 cm³/mol. The minimum absolute atomic E-state index is 0.0574. The zero-order chi connectivity index (χ0) is 21.7. The van der Waals surface area contributed by atoms with Crippen molar-refractivity contribution in [2.24, 2.45) is 5.73 Å². The summed E-state index contributed by atoms with van der Waals surface area (Å²) < 4.78 is 17.1. The summed E-state index contributed by atoms with van der Waals surface area (Å²) in [5, 5.41) is 3.05. The van der Waals surface area contributed by atoms with E-state index >= 15 is 0 Å². The van der Waals surface area contributed by atoms with E-state index in [-0.39, 0.29) is 35.2 Å². The van der Waals surface area contributed by atoms with Gasteiger partial charge in [-0.05, 0) is 42.7 Å². The van der Waals surface area contributed by atoms with Crippen molar-refractivity contribution in [1.29, 1.82) is 0 Å². The average Bonchev–Trinajstić information content (AvgIpc) is 2.70. The van der Waals surface area contributed by atoms with Crippen molar-refractivity contribution in [3.8, 4) is 17.2 Å². The molecule has 7 nitrogen and oxygen atoms in total. The minimum atomic E-state index is -0.626. The number of ether oxygens (including phenoxy) is 3. The number of rotatable bonds is 9. The van der Waals surface area contributed by atoms with Gasteiger partial charge in [-0.15, -0.1) is 0 Å². The van der Waals surface area contributed by atoms with E-state index < -0.39 is 5.91 Å². The minimum Gasteiger partial charge on any atom is -0.493 e. The Labute approximate surface area is 184 Å². The molecule has 0 aliphatic heterocycles. The zero-order valence-electron chi connectivity index (χ0n) is 17.0. The monoisotopic (exact) mass is 476 g/mol. The molecule has 8 heteroatoms. The maximum atomic E-state index is 12.9. The quantitative estimate of drug-likeness (QED) is 0.578. The third-order valence-corrected chi connectivity index (χ3v) is 5.91. The lowest BCUT2D eigenvalue weighted by molar-refractivity contribution is -0.120. The van der Waals surface area contributed by atoms with E-state index in [1.54, 1.807) is 12.1 Å². The SMILES string of the molecule is COc1cc(C(=O)NCC2(c3cccc(Br)c3)CCC2)cc(OC)c1OCC(N)=O. The highest BCUT2D eigenvalue weighted by atomic mass is 79.9. The molecule has 2 aromatic rings. The van der Waals surface area contributed by atoms with E-state index in [0.717, 1.165) is 23.7 Å². The molecule has 0 radical (unpaired) electrons. The molecule has 2 aromatic carbocycles. The van der Waals surface area contributed by atoms with E-state index in [4.69, 9.17) is 19.9 Å². The van der Waals surface area contributed by atoms with E-state index in [9.17, 15) is 9.59 Å². The van der Waals surface area contributed by atoms with Crippen LogP contribution in [-0.2, 0) is 10.2 Å². The van der Waals surface area contributed by atoms with Crippen LogP contribution in [-0.4, -0.2) is 39.2 Å². The fourth-order valence-corrected chi connectivity index (χ4v) is 4.04. The summed E-state index contributed by atoms with van der Waals surface area (Å²) in [7, 11) is 2.90. The van der Waals surface area contributed by atoms with Crippen molar-refractivity contribution in [3.05, 3.63) is 52.0 Å². The first-order valence-corrected chi connectivity index (χ1v) is 10.4. The molecule has 0 saturated heterocycles. The van der Waals surface area contributed by atoms with Crippen molar-refractivity contribution in [3.63, 3.8) is 0 Å². The van der Waals surface area contributed by atoms with Crippen LogP contribution in [0.4, 0.5) is 0 Å². The molecule has 1 aliphatic carbocycles. The molecule has 0 heterocycles. The summed E-state index contributed by atoms with van der Waals surface area (Å²) in [5.41, 5.74) is 6.68. The number of methoxy groups -OCH3 is 2. The van der Waals surface area contributed by atoms with Crippen molar-refractivity contribution in [2.75, 3.05) is 27.4 Å². The van der Waals surface area contributed by atoms with Crippen LogP contribution in [0.2, 0.25) is 0 Å². The van der Waals surface area contributed by atoms with Gasteiger partial charge in [-0.25, -0.2) is 0 Å². The first-order chi connectivity index (χ1) is 14.4. The van der Waals surface area contributed by atoms with Crippen LogP contribution in [0.25, 0.3) is 0 Å². The molecule has 0 spiro atoms. The van der Waals surface area contributed by atoms with E-state index in [1.165, 1.54) is 19.8 Å². The number of amides is 2. The van der Waals surface area contributed by atoms with Crippen LogP contribution >= 0.6 is 15.9 Å². The van der Waals surface area contributed by atoms with Crippen LogP contribution in [0.5, 0.6) is 17.2 Å². The Morgan fingerprint density at radius 1 is 1.13 bits per heavy atom. The number of primary amides is 1. The van der Waals surface area contributed by atoms with Gasteiger partial charge in [0.25, 0.3) is 11.8 Å². The van der Waals surface area contributed by atoms with Crippen molar-refractivity contribution < 1.29 is 23.8 Å². The number of carbonyl (C=O) groups excluding carboxylic acids is 2. The highest BCUT2D eigenvalue weighted by Gasteiger charge is 2.39. The number of nitrogens with two attached hydrogens (primary N) is 1. The first kappa shape index (κ1) is 22.0. The molecule has 160 valence electrons. The van der Waals surface area contributed by atoms with Gasteiger partial charge >= 0.3 is 0 Å². The number of carbonyl (C=O) groups is 2. The second-order valence-electron chi connectivity index (χ2n) is 7.29. The lowest BCUT2D eigenvalue weighted by Crippen LogP contribution is -2.45. The Balaban J connectivity index is 1.78. The molecular formula is C22H25BrN2O5. The van der Waals surface area contributed by atoms with E-state index in [2.05, 4.69) is 33.4 Å². The maximum Gasteiger partial charge on any atom is 0.255 e. The third kappa shape index (κ3) is 4.70. The smallest absolute Gasteiger partial charge is 0.255 e. The molecule has 0 unspecified atom stereocenters. The van der Waals surface area contributed by atoms with Crippen molar-refractivity contribution in [1.82, 2.24) is 5.32 Å². The van der Waals surface area contributed by atoms with Crippen LogP contribution in [0.3, 0.4) is 0 Å². The Morgan fingerprint density at radius 3 is 2.30 bits per heavy atom. The van der Waals surface area contributed by atoms with Crippen molar-refractivity contribution in [2.45, 2.75) is 24.7 Å². The summed E-state index contributed by atoms with van der Waals surface area (Å²) in [5.74, 6) is -0.0780. The Bertz CT molecular complexity index is 918. The van der Waals surface area contributed by atoms with Gasteiger partial charge in [-0.1, -0.05) is 34.5 Å². The fraction of sp³-hybridized carbons (Fsp3) is 0.364. The number of nitrogens with one attached hydrogen (secondary N) is 1. The lowest BCUT2D eigenvalue weighted by Gasteiger charge is -2.42. The Hall–Kier alpha value is -2.74. The molecule has 30 heavy (non-hydrogen) atoms. The molecule has 1 aliphatic rings. The van der Waals surface area contributed by atoms with E-state index in [1.807, 2.05) is 12.1 Å². The average molecular weight is 477 g/mol. The van der Waals surface area contributed by atoms with Gasteiger partial charge in [-0.2, -0.15) is 0 Å². The Kier molecular flexibility index (Phi) is 6.87. The van der Waals surface area contributed by atoms with Crippen LogP contribution in [0.15, 0.2) is 40.9 Å². The number of benzene rings is 2. The molecule has 3 rings (SSSR count). The van der Waals surface area contributed by atoms with Gasteiger partial charge in [0.1, 0.15) is 0 Å². The summed E-state index contributed by atoms with van der Waals surface area (Å²) in [6.45, 7) is 0.209. The highest BCUT2D eigenvalue weighted by molar-refractivity contribution is 9.10. The van der Waals surface area contributed by atoms with Gasteiger partial charge < -0.3 is 25.3 Å². The van der Waals surface area contributed by atoms with E-state index in [0.29, 0.717) is 12.1 Å². The highest BCUT2D eigenvalue weighted by Crippen LogP contribution is 2.44. The van der Waals surface area contributed by atoms with Gasteiger partial charge in [-0.3, -0.25) is 9.59 Å². The fourth-order valence-electron chi connectivity index (χ4n) is 3.64. The van der Waals surface area contributed by atoms with Gasteiger partial charge in [0.2, 0.25) is 5.75 Å². The lowest BCUT2D eigenvalue weighted by atomic mass is 9.64. The third-order valence-electron chi connectivity index (χ3n) is 5.42. The second kappa shape index (κ2) is 9.38. The molecule has 0 bridgehead atoms. The largest absolute Gasteiger partial charge is 0.493 e. The molecule has 2 amide bonds. The summed E-state index contributed by atoms with van der Waals surface area (Å²) in [4.78, 5) is 23.9. The Morgan fingerprint density at radius 2 is 1.80 bits per heavy atom. The van der Waals surface area contributed by atoms with Gasteiger partial charge in [0, 0.05) is 22.0 Å². The molecular weight excluding hydrogens is 452 g/mol. The summed E-state index contributed by atoms with van der Waals surface area (Å²) >= 11 is 3.53. The molecule has 3 N–H and O–H groups in total. The normalized spacial score (nSPS) is 14.4. The van der Waals surface area contributed by atoms with Gasteiger partial charge in [0.05, 0.1) is 14.2 Å². The topological polar surface area (TPSA) is 99.9 Å². The van der Waals surface area contributed by atoms with Crippen LogP contribution < -0.4 is 25.3 Å². The van der Waals surface area contributed by atoms with Crippen LogP contribution in [0, 0.1) is 0 Å². The maximum absolute atomic E-state index is 12.9. The summed E-state index contributed by atoms with van der Waals surface area (Å²) in [6, 6.07) is 11.3.